The topological polar surface area (TPSA) is 55.6 Å². The van der Waals surface area contributed by atoms with E-state index in [2.05, 4.69) is 41.4 Å². The Balaban J connectivity index is 2.24. The first-order valence-electron chi connectivity index (χ1n) is 5.68. The summed E-state index contributed by atoms with van der Waals surface area (Å²) in [6.45, 7) is 7.03. The first-order valence-corrected chi connectivity index (χ1v) is 6.50. The Morgan fingerprint density at radius 3 is 2.59 bits per heavy atom. The highest BCUT2D eigenvalue weighted by molar-refractivity contribution is 7.15. The zero-order valence-electron chi connectivity index (χ0n) is 10.6. The van der Waals surface area contributed by atoms with Gasteiger partial charge in [0, 0.05) is 12.7 Å². The van der Waals surface area contributed by atoms with E-state index in [9.17, 15) is 0 Å². The zero-order valence-corrected chi connectivity index (χ0v) is 11.4. The van der Waals surface area contributed by atoms with Gasteiger partial charge in [0.1, 0.15) is 5.01 Å². The minimum atomic E-state index is 0.700. The maximum Gasteiger partial charge on any atom is 0.205 e. The maximum absolute atomic E-state index is 4.55. The standard InChI is InChI=1S/C11H17N5S/c1-5-9-7(2)15-16(8(9)3)6-10-13-14-11(12-4)17-10/h5-6H2,1-4H3,(H,12,14). The van der Waals surface area contributed by atoms with Gasteiger partial charge in [0.15, 0.2) is 0 Å². The van der Waals surface area contributed by atoms with Crippen molar-refractivity contribution in [3.63, 3.8) is 0 Å². The summed E-state index contributed by atoms with van der Waals surface area (Å²) in [5, 5.41) is 17.5. The largest absolute Gasteiger partial charge is 0.363 e. The lowest BCUT2D eigenvalue weighted by Crippen LogP contribution is -2.04. The van der Waals surface area contributed by atoms with E-state index in [-0.39, 0.29) is 0 Å². The molecule has 0 radical (unpaired) electrons. The molecule has 17 heavy (non-hydrogen) atoms. The molecular formula is C11H17N5S. The quantitative estimate of drug-likeness (QED) is 0.903. The molecule has 0 unspecified atom stereocenters. The number of hydrogen-bond donors (Lipinski definition) is 1. The van der Waals surface area contributed by atoms with Crippen LogP contribution >= 0.6 is 11.3 Å². The van der Waals surface area contributed by atoms with Crippen molar-refractivity contribution < 1.29 is 0 Å². The van der Waals surface area contributed by atoms with Crippen molar-refractivity contribution in [3.05, 3.63) is 22.0 Å². The summed E-state index contributed by atoms with van der Waals surface area (Å²) in [4.78, 5) is 0. The zero-order chi connectivity index (χ0) is 12.4. The number of anilines is 1. The SMILES string of the molecule is CCc1c(C)nn(Cc2nnc(NC)s2)c1C. The Kier molecular flexibility index (Phi) is 3.42. The molecule has 1 N–H and O–H groups in total. The molecule has 0 amide bonds. The van der Waals surface area contributed by atoms with Crippen LogP contribution in [-0.2, 0) is 13.0 Å². The van der Waals surface area contributed by atoms with Crippen molar-refractivity contribution >= 4 is 16.5 Å². The Morgan fingerprint density at radius 2 is 2.06 bits per heavy atom. The average Bonchev–Trinajstić information content (AvgIpc) is 2.86. The van der Waals surface area contributed by atoms with E-state index in [1.165, 1.54) is 11.3 Å². The lowest BCUT2D eigenvalue weighted by Gasteiger charge is -2.01. The van der Waals surface area contributed by atoms with Crippen molar-refractivity contribution in [3.8, 4) is 0 Å². The lowest BCUT2D eigenvalue weighted by atomic mass is 10.1. The second kappa shape index (κ2) is 4.83. The normalized spacial score (nSPS) is 10.8. The van der Waals surface area contributed by atoms with Crippen LogP contribution in [0.3, 0.4) is 0 Å². The molecular weight excluding hydrogens is 234 g/mol. The number of nitrogens with one attached hydrogen (secondary N) is 1. The fourth-order valence-corrected chi connectivity index (χ4v) is 2.62. The highest BCUT2D eigenvalue weighted by Crippen LogP contribution is 2.18. The molecule has 0 aromatic carbocycles. The molecule has 2 aromatic heterocycles. The van der Waals surface area contributed by atoms with Crippen LogP contribution in [-0.4, -0.2) is 27.0 Å². The molecule has 6 heteroatoms. The third-order valence-electron chi connectivity index (χ3n) is 2.85. The van der Waals surface area contributed by atoms with Crippen LogP contribution in [0.5, 0.6) is 0 Å². The number of aryl methyl sites for hydroxylation is 1. The molecule has 0 fully saturated rings. The Bertz CT molecular complexity index is 514. The Labute approximate surface area is 105 Å². The summed E-state index contributed by atoms with van der Waals surface area (Å²) >= 11 is 1.56. The van der Waals surface area contributed by atoms with Gasteiger partial charge in [-0.1, -0.05) is 18.3 Å². The molecule has 92 valence electrons. The predicted molar refractivity (Wildman–Crippen MR) is 69.6 cm³/mol. The van der Waals surface area contributed by atoms with Crippen LogP contribution in [0.4, 0.5) is 5.13 Å². The molecule has 2 aromatic rings. The molecule has 0 bridgehead atoms. The Hall–Kier alpha value is -1.43. The van der Waals surface area contributed by atoms with Crippen LogP contribution in [0, 0.1) is 13.8 Å². The van der Waals surface area contributed by atoms with E-state index < -0.39 is 0 Å². The van der Waals surface area contributed by atoms with Crippen LogP contribution in [0.25, 0.3) is 0 Å². The van der Waals surface area contributed by atoms with Gasteiger partial charge in [-0.05, 0) is 25.8 Å². The van der Waals surface area contributed by atoms with Crippen LogP contribution in [0.15, 0.2) is 0 Å². The summed E-state index contributed by atoms with van der Waals surface area (Å²) < 4.78 is 2.01. The van der Waals surface area contributed by atoms with Crippen molar-refractivity contribution in [2.75, 3.05) is 12.4 Å². The van der Waals surface area contributed by atoms with Gasteiger partial charge in [-0.25, -0.2) is 0 Å². The highest BCUT2D eigenvalue weighted by Gasteiger charge is 2.11. The van der Waals surface area contributed by atoms with E-state index in [0.29, 0.717) is 6.54 Å². The first kappa shape index (κ1) is 12.0. The van der Waals surface area contributed by atoms with E-state index in [1.54, 1.807) is 11.3 Å². The minimum absolute atomic E-state index is 0.700. The predicted octanol–water partition coefficient (Wildman–Crippen LogP) is 2.00. The van der Waals surface area contributed by atoms with E-state index in [4.69, 9.17) is 0 Å². The van der Waals surface area contributed by atoms with Gasteiger partial charge in [0.2, 0.25) is 5.13 Å². The summed E-state index contributed by atoms with van der Waals surface area (Å²) in [5.74, 6) is 0. The summed E-state index contributed by atoms with van der Waals surface area (Å²) in [6, 6.07) is 0. The van der Waals surface area contributed by atoms with Crippen LogP contribution in [0.2, 0.25) is 0 Å². The first-order chi connectivity index (χ1) is 8.15. The molecule has 0 spiro atoms. The average molecular weight is 251 g/mol. The number of nitrogens with zero attached hydrogens (tertiary/aromatic N) is 4. The molecule has 0 saturated heterocycles. The highest BCUT2D eigenvalue weighted by atomic mass is 32.1. The molecule has 5 nitrogen and oxygen atoms in total. The van der Waals surface area contributed by atoms with Gasteiger partial charge < -0.3 is 5.32 Å². The van der Waals surface area contributed by atoms with Gasteiger partial charge in [0.05, 0.1) is 12.2 Å². The third-order valence-corrected chi connectivity index (χ3v) is 3.78. The number of aromatic nitrogens is 4. The van der Waals surface area contributed by atoms with E-state index >= 15 is 0 Å². The second-order valence-corrected chi connectivity index (χ2v) is 4.97. The van der Waals surface area contributed by atoms with Crippen LogP contribution < -0.4 is 5.32 Å². The van der Waals surface area contributed by atoms with Gasteiger partial charge in [-0.15, -0.1) is 10.2 Å². The number of rotatable bonds is 4. The summed E-state index contributed by atoms with van der Waals surface area (Å²) in [7, 11) is 1.85. The van der Waals surface area contributed by atoms with Gasteiger partial charge in [-0.3, -0.25) is 4.68 Å². The minimum Gasteiger partial charge on any atom is -0.363 e. The smallest absolute Gasteiger partial charge is 0.205 e. The monoisotopic (exact) mass is 251 g/mol. The fraction of sp³-hybridized carbons (Fsp3) is 0.545. The molecule has 2 heterocycles. The molecule has 0 atom stereocenters. The second-order valence-electron chi connectivity index (χ2n) is 3.91. The van der Waals surface area contributed by atoms with Crippen molar-refractivity contribution in [1.82, 2.24) is 20.0 Å². The van der Waals surface area contributed by atoms with Gasteiger partial charge >= 0.3 is 0 Å². The van der Waals surface area contributed by atoms with Crippen molar-refractivity contribution in [2.45, 2.75) is 33.7 Å². The van der Waals surface area contributed by atoms with E-state index in [0.717, 1.165) is 22.3 Å². The molecule has 0 aliphatic heterocycles. The van der Waals surface area contributed by atoms with Gasteiger partial charge in [0.25, 0.3) is 0 Å². The van der Waals surface area contributed by atoms with Crippen molar-refractivity contribution in [2.24, 2.45) is 0 Å². The maximum atomic E-state index is 4.55. The van der Waals surface area contributed by atoms with Crippen molar-refractivity contribution in [1.29, 1.82) is 0 Å². The third kappa shape index (κ3) is 2.31. The molecule has 0 saturated carbocycles. The number of hydrogen-bond acceptors (Lipinski definition) is 5. The lowest BCUT2D eigenvalue weighted by molar-refractivity contribution is 0.650. The Morgan fingerprint density at radius 1 is 1.29 bits per heavy atom. The van der Waals surface area contributed by atoms with Gasteiger partial charge in [-0.2, -0.15) is 5.10 Å². The van der Waals surface area contributed by atoms with E-state index in [1.807, 2.05) is 11.7 Å². The molecule has 2 rings (SSSR count). The molecule has 0 aliphatic rings. The fourth-order valence-electron chi connectivity index (χ4n) is 1.95. The van der Waals surface area contributed by atoms with Crippen LogP contribution in [0.1, 0.15) is 28.9 Å². The summed E-state index contributed by atoms with van der Waals surface area (Å²) in [5.41, 5.74) is 3.68. The molecule has 0 aliphatic carbocycles. The summed E-state index contributed by atoms with van der Waals surface area (Å²) in [6.07, 6.45) is 1.02.